The van der Waals surface area contributed by atoms with E-state index in [2.05, 4.69) is 17.6 Å². The lowest BCUT2D eigenvalue weighted by Crippen LogP contribution is -2.21. The van der Waals surface area contributed by atoms with Gasteiger partial charge in [0.1, 0.15) is 0 Å². The first-order chi connectivity index (χ1) is 7.77. The quantitative estimate of drug-likeness (QED) is 0.721. The molecule has 0 aromatic heterocycles. The molecule has 3 nitrogen and oxygen atoms in total. The summed E-state index contributed by atoms with van der Waals surface area (Å²) in [4.78, 5) is 11.6. The van der Waals surface area contributed by atoms with E-state index in [0.717, 1.165) is 25.2 Å². The Labute approximate surface area is 97.2 Å². The van der Waals surface area contributed by atoms with Gasteiger partial charge in [-0.15, -0.1) is 0 Å². The lowest BCUT2D eigenvalue weighted by atomic mass is 10.1. The van der Waals surface area contributed by atoms with E-state index in [1.165, 1.54) is 5.56 Å². The molecule has 1 aromatic carbocycles. The Morgan fingerprint density at radius 2 is 2.00 bits per heavy atom. The van der Waals surface area contributed by atoms with Crippen LogP contribution in [0.4, 0.5) is 5.69 Å². The van der Waals surface area contributed by atoms with E-state index in [-0.39, 0.29) is 5.91 Å². The number of benzene rings is 1. The molecule has 0 spiro atoms. The number of carbonyl (C=O) groups excluding carboxylic acids is 1. The van der Waals surface area contributed by atoms with Crippen LogP contribution in [0.2, 0.25) is 0 Å². The maximum atomic E-state index is 11.6. The Kier molecular flexibility index (Phi) is 5.57. The second kappa shape index (κ2) is 7.01. The molecule has 1 rings (SSSR count). The van der Waals surface area contributed by atoms with Gasteiger partial charge in [0, 0.05) is 18.7 Å². The molecule has 0 heterocycles. The van der Waals surface area contributed by atoms with Crippen molar-refractivity contribution in [2.45, 2.75) is 26.7 Å². The van der Waals surface area contributed by atoms with Crippen molar-refractivity contribution >= 4 is 11.6 Å². The van der Waals surface area contributed by atoms with Crippen molar-refractivity contribution in [3.8, 4) is 0 Å². The SMILES string of the molecule is CCNCCC(=O)Nc1ccccc1CC. The number of carbonyl (C=O) groups is 1. The monoisotopic (exact) mass is 220 g/mol. The molecular weight excluding hydrogens is 200 g/mol. The Morgan fingerprint density at radius 3 is 2.69 bits per heavy atom. The lowest BCUT2D eigenvalue weighted by molar-refractivity contribution is -0.116. The number of anilines is 1. The average Bonchev–Trinajstić information content (AvgIpc) is 2.30. The van der Waals surface area contributed by atoms with E-state index in [9.17, 15) is 4.79 Å². The molecule has 1 aromatic rings. The van der Waals surface area contributed by atoms with Crippen molar-refractivity contribution in [3.05, 3.63) is 29.8 Å². The molecule has 0 bridgehead atoms. The van der Waals surface area contributed by atoms with Gasteiger partial charge >= 0.3 is 0 Å². The predicted molar refractivity (Wildman–Crippen MR) is 67.6 cm³/mol. The van der Waals surface area contributed by atoms with Crippen LogP contribution in [0.5, 0.6) is 0 Å². The van der Waals surface area contributed by atoms with Crippen molar-refractivity contribution in [2.24, 2.45) is 0 Å². The number of hydrogen-bond acceptors (Lipinski definition) is 2. The number of hydrogen-bond donors (Lipinski definition) is 2. The fraction of sp³-hybridized carbons (Fsp3) is 0.462. The molecule has 0 aliphatic carbocycles. The van der Waals surface area contributed by atoms with E-state index in [4.69, 9.17) is 0 Å². The third kappa shape index (κ3) is 4.03. The van der Waals surface area contributed by atoms with Crippen LogP contribution in [0.3, 0.4) is 0 Å². The first-order valence-corrected chi connectivity index (χ1v) is 5.86. The molecule has 0 saturated carbocycles. The molecule has 16 heavy (non-hydrogen) atoms. The fourth-order valence-electron chi connectivity index (χ4n) is 1.54. The van der Waals surface area contributed by atoms with Gasteiger partial charge in [0.05, 0.1) is 0 Å². The average molecular weight is 220 g/mol. The number of amides is 1. The zero-order valence-electron chi connectivity index (χ0n) is 10.0. The molecule has 0 aliphatic rings. The van der Waals surface area contributed by atoms with Crippen LogP contribution in [0.15, 0.2) is 24.3 Å². The molecule has 2 N–H and O–H groups in total. The molecule has 0 radical (unpaired) electrons. The highest BCUT2D eigenvalue weighted by Gasteiger charge is 2.04. The summed E-state index contributed by atoms with van der Waals surface area (Å²) in [6.45, 7) is 5.75. The highest BCUT2D eigenvalue weighted by atomic mass is 16.1. The molecule has 0 atom stereocenters. The summed E-state index contributed by atoms with van der Waals surface area (Å²) in [6.07, 6.45) is 1.45. The van der Waals surface area contributed by atoms with Gasteiger partial charge in [-0.25, -0.2) is 0 Å². The second-order valence-electron chi connectivity index (χ2n) is 3.66. The fourth-order valence-corrected chi connectivity index (χ4v) is 1.54. The van der Waals surface area contributed by atoms with E-state index < -0.39 is 0 Å². The topological polar surface area (TPSA) is 41.1 Å². The van der Waals surface area contributed by atoms with E-state index in [0.29, 0.717) is 6.42 Å². The molecule has 88 valence electrons. The maximum absolute atomic E-state index is 11.6. The van der Waals surface area contributed by atoms with Crippen LogP contribution in [0.25, 0.3) is 0 Å². The summed E-state index contributed by atoms with van der Waals surface area (Å²) in [5.41, 5.74) is 2.12. The highest BCUT2D eigenvalue weighted by molar-refractivity contribution is 5.91. The summed E-state index contributed by atoms with van der Waals surface area (Å²) < 4.78 is 0. The van der Waals surface area contributed by atoms with E-state index >= 15 is 0 Å². The van der Waals surface area contributed by atoms with Gasteiger partial charge in [0.15, 0.2) is 0 Å². The molecule has 1 amide bonds. The summed E-state index contributed by atoms with van der Waals surface area (Å²) in [5, 5.41) is 6.07. The van der Waals surface area contributed by atoms with Crippen LogP contribution in [-0.4, -0.2) is 19.0 Å². The van der Waals surface area contributed by atoms with Crippen molar-refractivity contribution < 1.29 is 4.79 Å². The lowest BCUT2D eigenvalue weighted by Gasteiger charge is -2.09. The van der Waals surface area contributed by atoms with Gasteiger partial charge in [-0.2, -0.15) is 0 Å². The third-order valence-corrected chi connectivity index (χ3v) is 2.45. The Bertz CT molecular complexity index is 336. The number of aryl methyl sites for hydroxylation is 1. The summed E-state index contributed by atoms with van der Waals surface area (Å²) >= 11 is 0. The summed E-state index contributed by atoms with van der Waals surface area (Å²) in [7, 11) is 0. The van der Waals surface area contributed by atoms with Gasteiger partial charge in [-0.05, 0) is 24.6 Å². The summed E-state index contributed by atoms with van der Waals surface area (Å²) in [5.74, 6) is 0.0712. The van der Waals surface area contributed by atoms with Crippen LogP contribution < -0.4 is 10.6 Å². The van der Waals surface area contributed by atoms with Gasteiger partial charge in [-0.3, -0.25) is 4.79 Å². The zero-order valence-corrected chi connectivity index (χ0v) is 10.0. The van der Waals surface area contributed by atoms with Crippen molar-refractivity contribution in [1.82, 2.24) is 5.32 Å². The third-order valence-electron chi connectivity index (χ3n) is 2.45. The minimum atomic E-state index is 0.0712. The molecular formula is C13H20N2O. The van der Waals surface area contributed by atoms with Crippen molar-refractivity contribution in [3.63, 3.8) is 0 Å². The Balaban J connectivity index is 2.49. The van der Waals surface area contributed by atoms with Gasteiger partial charge in [-0.1, -0.05) is 32.0 Å². The maximum Gasteiger partial charge on any atom is 0.225 e. The highest BCUT2D eigenvalue weighted by Crippen LogP contribution is 2.15. The Morgan fingerprint density at radius 1 is 1.25 bits per heavy atom. The number of rotatable bonds is 6. The Hall–Kier alpha value is -1.35. The van der Waals surface area contributed by atoms with Crippen molar-refractivity contribution in [2.75, 3.05) is 18.4 Å². The van der Waals surface area contributed by atoms with Gasteiger partial charge < -0.3 is 10.6 Å². The molecule has 0 saturated heterocycles. The van der Waals surface area contributed by atoms with E-state index in [1.807, 2.05) is 31.2 Å². The largest absolute Gasteiger partial charge is 0.326 e. The van der Waals surface area contributed by atoms with E-state index in [1.54, 1.807) is 0 Å². The van der Waals surface area contributed by atoms with Crippen molar-refractivity contribution in [1.29, 1.82) is 0 Å². The summed E-state index contributed by atoms with van der Waals surface area (Å²) in [6, 6.07) is 7.93. The molecule has 0 aliphatic heterocycles. The molecule has 3 heteroatoms. The van der Waals surface area contributed by atoms with Crippen LogP contribution >= 0.6 is 0 Å². The van der Waals surface area contributed by atoms with Gasteiger partial charge in [0.2, 0.25) is 5.91 Å². The minimum absolute atomic E-state index is 0.0712. The minimum Gasteiger partial charge on any atom is -0.326 e. The standard InChI is InChI=1S/C13H20N2O/c1-3-11-7-5-6-8-12(11)15-13(16)9-10-14-4-2/h5-8,14H,3-4,9-10H2,1-2H3,(H,15,16). The second-order valence-corrected chi connectivity index (χ2v) is 3.66. The zero-order chi connectivity index (χ0) is 11.8. The first-order valence-electron chi connectivity index (χ1n) is 5.86. The van der Waals surface area contributed by atoms with Crippen LogP contribution in [0.1, 0.15) is 25.8 Å². The van der Waals surface area contributed by atoms with Crippen LogP contribution in [-0.2, 0) is 11.2 Å². The number of nitrogens with one attached hydrogen (secondary N) is 2. The molecule has 0 unspecified atom stereocenters. The molecule has 0 fully saturated rings. The normalized spacial score (nSPS) is 10.1. The smallest absolute Gasteiger partial charge is 0.225 e. The first kappa shape index (κ1) is 12.7. The van der Waals surface area contributed by atoms with Crippen LogP contribution in [0, 0.1) is 0 Å². The van der Waals surface area contributed by atoms with Gasteiger partial charge in [0.25, 0.3) is 0 Å². The predicted octanol–water partition coefficient (Wildman–Crippen LogP) is 2.19. The number of para-hydroxylation sites is 1.